The fraction of sp³-hybridized carbons (Fsp3) is 0.0833. The highest BCUT2D eigenvalue weighted by Gasteiger charge is 2.05. The number of nitrogens with zero attached hydrogens (tertiary/aromatic N) is 1. The molecule has 0 aliphatic heterocycles. The normalized spacial score (nSPS) is 10.4. The van der Waals surface area contributed by atoms with E-state index in [9.17, 15) is 0 Å². The molecule has 0 saturated heterocycles. The molecule has 1 aromatic carbocycles. The number of anilines is 1. The van der Waals surface area contributed by atoms with E-state index < -0.39 is 0 Å². The van der Waals surface area contributed by atoms with E-state index in [0.717, 1.165) is 11.1 Å². The Morgan fingerprint density at radius 2 is 1.94 bits per heavy atom. The van der Waals surface area contributed by atoms with Crippen LogP contribution in [0.25, 0.3) is 0 Å². The molecule has 0 atom stereocenters. The number of hydrogen-bond acceptors (Lipinski definition) is 2. The first-order chi connectivity index (χ1) is 7.66. The molecule has 0 aliphatic carbocycles. The second kappa shape index (κ2) is 4.73. The van der Waals surface area contributed by atoms with Crippen LogP contribution in [0.15, 0.2) is 36.5 Å². The Morgan fingerprint density at radius 3 is 2.69 bits per heavy atom. The number of hydrogen-bond donors (Lipinski definition) is 1. The number of nitrogens with two attached hydrogens (primary N) is 1. The maximum Gasteiger partial charge on any atom is 0.126 e. The largest absolute Gasteiger partial charge is 0.383 e. The van der Waals surface area contributed by atoms with Gasteiger partial charge in [0.25, 0.3) is 0 Å². The summed E-state index contributed by atoms with van der Waals surface area (Å²) in [7, 11) is 0. The van der Waals surface area contributed by atoms with Crippen molar-refractivity contribution in [3.05, 3.63) is 57.7 Å². The van der Waals surface area contributed by atoms with E-state index in [2.05, 4.69) is 4.98 Å². The molecular weight excluding hydrogens is 243 g/mol. The second-order valence-corrected chi connectivity index (χ2v) is 4.30. The molecule has 0 amide bonds. The van der Waals surface area contributed by atoms with E-state index in [1.165, 1.54) is 0 Å². The molecule has 2 N–H and O–H groups in total. The highest BCUT2D eigenvalue weighted by atomic mass is 35.5. The monoisotopic (exact) mass is 252 g/mol. The first-order valence-electron chi connectivity index (χ1n) is 4.80. The highest BCUT2D eigenvalue weighted by molar-refractivity contribution is 6.33. The van der Waals surface area contributed by atoms with Crippen LogP contribution in [0.1, 0.15) is 11.1 Å². The van der Waals surface area contributed by atoms with Crippen LogP contribution < -0.4 is 5.73 Å². The van der Waals surface area contributed by atoms with Gasteiger partial charge < -0.3 is 5.73 Å². The van der Waals surface area contributed by atoms with Gasteiger partial charge in [-0.1, -0.05) is 29.3 Å². The van der Waals surface area contributed by atoms with Gasteiger partial charge in [0.05, 0.1) is 0 Å². The van der Waals surface area contributed by atoms with Crippen LogP contribution >= 0.6 is 23.2 Å². The molecule has 0 bridgehead atoms. The van der Waals surface area contributed by atoms with Gasteiger partial charge >= 0.3 is 0 Å². The molecule has 1 heterocycles. The first-order valence-corrected chi connectivity index (χ1v) is 5.55. The fourth-order valence-electron chi connectivity index (χ4n) is 1.48. The molecule has 0 fully saturated rings. The van der Waals surface area contributed by atoms with Crippen LogP contribution in [0.3, 0.4) is 0 Å². The molecule has 0 aliphatic rings. The summed E-state index contributed by atoms with van der Waals surface area (Å²) in [6.45, 7) is 0. The summed E-state index contributed by atoms with van der Waals surface area (Å²) in [6.07, 6.45) is 2.30. The third-order valence-corrected chi connectivity index (χ3v) is 2.92. The van der Waals surface area contributed by atoms with Crippen LogP contribution in [0.4, 0.5) is 5.82 Å². The van der Waals surface area contributed by atoms with E-state index in [1.807, 2.05) is 18.2 Å². The zero-order valence-electron chi connectivity index (χ0n) is 8.45. The lowest BCUT2D eigenvalue weighted by molar-refractivity contribution is 1.15. The van der Waals surface area contributed by atoms with Crippen molar-refractivity contribution < 1.29 is 0 Å². The Labute approximate surface area is 104 Å². The van der Waals surface area contributed by atoms with E-state index in [-0.39, 0.29) is 0 Å². The minimum Gasteiger partial charge on any atom is -0.383 e. The van der Waals surface area contributed by atoms with Crippen molar-refractivity contribution in [1.29, 1.82) is 0 Å². The number of aromatic nitrogens is 1. The average molecular weight is 253 g/mol. The Bertz CT molecular complexity index is 512. The quantitative estimate of drug-likeness (QED) is 0.888. The van der Waals surface area contributed by atoms with Gasteiger partial charge in [0.1, 0.15) is 5.82 Å². The van der Waals surface area contributed by atoms with E-state index in [4.69, 9.17) is 28.9 Å². The minimum absolute atomic E-state index is 0.526. The summed E-state index contributed by atoms with van der Waals surface area (Å²) < 4.78 is 0. The van der Waals surface area contributed by atoms with Crippen LogP contribution in [-0.4, -0.2) is 4.98 Å². The molecule has 0 radical (unpaired) electrons. The molecule has 0 unspecified atom stereocenters. The zero-order valence-corrected chi connectivity index (χ0v) is 9.96. The van der Waals surface area contributed by atoms with Crippen molar-refractivity contribution >= 4 is 29.0 Å². The number of rotatable bonds is 2. The summed E-state index contributed by atoms with van der Waals surface area (Å²) in [4.78, 5) is 4.03. The third-order valence-electron chi connectivity index (χ3n) is 2.31. The van der Waals surface area contributed by atoms with Gasteiger partial charge in [0.2, 0.25) is 0 Å². The van der Waals surface area contributed by atoms with Crippen LogP contribution in [0.2, 0.25) is 10.0 Å². The first kappa shape index (κ1) is 11.2. The Hall–Kier alpha value is -1.25. The van der Waals surface area contributed by atoms with Gasteiger partial charge in [0.15, 0.2) is 0 Å². The molecule has 2 rings (SSSR count). The Kier molecular flexibility index (Phi) is 3.32. The molecule has 1 aromatic heterocycles. The molecule has 2 aromatic rings. The number of pyridine rings is 1. The maximum absolute atomic E-state index is 6.08. The molecule has 0 saturated carbocycles. The Balaban J connectivity index is 2.34. The van der Waals surface area contributed by atoms with Crippen LogP contribution in [0, 0.1) is 0 Å². The Morgan fingerprint density at radius 1 is 1.12 bits per heavy atom. The van der Waals surface area contributed by atoms with Gasteiger partial charge in [-0.25, -0.2) is 4.98 Å². The minimum atomic E-state index is 0.526. The van der Waals surface area contributed by atoms with Crippen molar-refractivity contribution in [2.75, 3.05) is 5.73 Å². The predicted molar refractivity (Wildman–Crippen MR) is 67.9 cm³/mol. The van der Waals surface area contributed by atoms with E-state index >= 15 is 0 Å². The van der Waals surface area contributed by atoms with E-state index in [0.29, 0.717) is 22.3 Å². The molecule has 4 heteroatoms. The fourth-order valence-corrected chi connectivity index (χ4v) is 1.86. The van der Waals surface area contributed by atoms with Crippen molar-refractivity contribution in [2.24, 2.45) is 0 Å². The number of benzene rings is 1. The van der Waals surface area contributed by atoms with Crippen molar-refractivity contribution in [1.82, 2.24) is 4.98 Å². The van der Waals surface area contributed by atoms with Crippen LogP contribution in [0.5, 0.6) is 0 Å². The van der Waals surface area contributed by atoms with Crippen molar-refractivity contribution in [2.45, 2.75) is 6.42 Å². The summed E-state index contributed by atoms with van der Waals surface area (Å²) in [6, 6.07) is 9.17. The van der Waals surface area contributed by atoms with E-state index in [1.54, 1.807) is 18.3 Å². The summed E-state index contributed by atoms with van der Waals surface area (Å²) in [5.41, 5.74) is 7.67. The van der Waals surface area contributed by atoms with Gasteiger partial charge in [-0.2, -0.15) is 0 Å². The summed E-state index contributed by atoms with van der Waals surface area (Å²) in [5, 5.41) is 1.36. The lowest BCUT2D eigenvalue weighted by atomic mass is 10.1. The molecule has 16 heavy (non-hydrogen) atoms. The molecule has 82 valence electrons. The third kappa shape index (κ3) is 2.46. The lowest BCUT2D eigenvalue weighted by Gasteiger charge is -2.06. The van der Waals surface area contributed by atoms with Crippen molar-refractivity contribution in [3.63, 3.8) is 0 Å². The van der Waals surface area contributed by atoms with Gasteiger partial charge in [0, 0.05) is 22.7 Å². The van der Waals surface area contributed by atoms with Crippen LogP contribution in [-0.2, 0) is 6.42 Å². The maximum atomic E-state index is 6.08. The topological polar surface area (TPSA) is 38.9 Å². The number of halogens is 2. The van der Waals surface area contributed by atoms with Gasteiger partial charge in [-0.3, -0.25) is 0 Å². The average Bonchev–Trinajstić information content (AvgIpc) is 2.27. The lowest BCUT2D eigenvalue weighted by Crippen LogP contribution is -1.98. The standard InChI is InChI=1S/C12H10Cl2N2/c13-10-3-4-11(14)9(7-10)6-8-2-1-5-16-12(8)15/h1-5,7H,6H2,(H2,15,16). The molecule has 2 nitrogen and oxygen atoms in total. The zero-order chi connectivity index (χ0) is 11.5. The predicted octanol–water partition coefficient (Wildman–Crippen LogP) is 3.56. The molecular formula is C12H10Cl2N2. The number of nitrogen functional groups attached to an aromatic ring is 1. The molecule has 0 spiro atoms. The second-order valence-electron chi connectivity index (χ2n) is 3.46. The highest BCUT2D eigenvalue weighted by Crippen LogP contribution is 2.24. The van der Waals surface area contributed by atoms with Crippen molar-refractivity contribution in [3.8, 4) is 0 Å². The summed E-state index contributed by atoms with van der Waals surface area (Å²) in [5.74, 6) is 0.526. The van der Waals surface area contributed by atoms with Gasteiger partial charge in [-0.15, -0.1) is 0 Å². The SMILES string of the molecule is Nc1ncccc1Cc1cc(Cl)ccc1Cl. The summed E-state index contributed by atoms with van der Waals surface area (Å²) >= 11 is 12.0. The van der Waals surface area contributed by atoms with Gasteiger partial charge in [-0.05, 0) is 35.4 Å². The smallest absolute Gasteiger partial charge is 0.126 e.